The summed E-state index contributed by atoms with van der Waals surface area (Å²) in [5, 5.41) is 6.19. The van der Waals surface area contributed by atoms with E-state index in [-0.39, 0.29) is 66.5 Å². The molecule has 15 heteroatoms. The Morgan fingerprint density at radius 2 is 1.44 bits per heavy atom. The van der Waals surface area contributed by atoms with Crippen molar-refractivity contribution in [2.75, 3.05) is 32.7 Å². The maximum absolute atomic E-state index is 13.7. The number of carbonyl (C=O) groups excluding carboxylic acids is 3. The number of alkyl halides is 6. The fourth-order valence-electron chi connectivity index (χ4n) is 6.75. The molecule has 0 aliphatic carbocycles. The van der Waals surface area contributed by atoms with Crippen molar-refractivity contribution in [1.29, 1.82) is 0 Å². The van der Waals surface area contributed by atoms with Crippen molar-refractivity contribution in [2.45, 2.75) is 57.0 Å². The summed E-state index contributed by atoms with van der Waals surface area (Å²) in [5.74, 6) is -0.996. The van der Waals surface area contributed by atoms with Crippen LogP contribution in [0.15, 0.2) is 77.9 Å². The minimum absolute atomic E-state index is 0.0303. The van der Waals surface area contributed by atoms with Gasteiger partial charge in [0.1, 0.15) is 0 Å². The number of benzene rings is 3. The number of nitrogens with one attached hydrogen (secondary N) is 2. The molecule has 3 aromatic carbocycles. The van der Waals surface area contributed by atoms with Crippen molar-refractivity contribution >= 4 is 40.9 Å². The molecule has 0 atom stereocenters. The van der Waals surface area contributed by atoms with Gasteiger partial charge in [-0.15, -0.1) is 0 Å². The molecule has 2 N–H and O–H groups in total. The summed E-state index contributed by atoms with van der Waals surface area (Å²) in [6.45, 7) is 2.31. The Balaban J connectivity index is 1.32. The number of halogens is 8. The van der Waals surface area contributed by atoms with Gasteiger partial charge in [-0.25, -0.2) is 0 Å². The fraction of sp³-hybridized carbons (Fsp3) is 0.378. The van der Waals surface area contributed by atoms with Crippen LogP contribution >= 0.6 is 23.2 Å². The third-order valence-corrected chi connectivity index (χ3v) is 10.1. The van der Waals surface area contributed by atoms with Gasteiger partial charge in [0, 0.05) is 45.2 Å². The molecular weight excluding hydrogens is 733 g/mol. The van der Waals surface area contributed by atoms with Crippen molar-refractivity contribution in [1.82, 2.24) is 20.4 Å². The number of amides is 3. The smallest absolute Gasteiger partial charge is 0.348 e. The van der Waals surface area contributed by atoms with Gasteiger partial charge in [0.2, 0.25) is 17.7 Å². The fourth-order valence-corrected chi connectivity index (χ4v) is 7.07. The van der Waals surface area contributed by atoms with Gasteiger partial charge in [0.15, 0.2) is 0 Å². The first-order valence-electron chi connectivity index (χ1n) is 16.5. The van der Waals surface area contributed by atoms with Gasteiger partial charge < -0.3 is 15.5 Å². The number of hydrogen-bond donors (Lipinski definition) is 2. The summed E-state index contributed by atoms with van der Waals surface area (Å²) in [6, 6.07) is 15.8. The number of rotatable bonds is 9. The van der Waals surface area contributed by atoms with Crippen LogP contribution in [0.2, 0.25) is 10.0 Å². The highest BCUT2D eigenvalue weighted by molar-refractivity contribution is 6.42. The Labute approximate surface area is 306 Å². The summed E-state index contributed by atoms with van der Waals surface area (Å²) in [6.07, 6.45) is -8.59. The average molecular weight is 770 g/mol. The first-order valence-corrected chi connectivity index (χ1v) is 17.2. The number of nitrogens with zero attached hydrogens (tertiary/aromatic N) is 2. The lowest BCUT2D eigenvalue weighted by molar-refractivity contribution is -0.143. The zero-order chi connectivity index (χ0) is 37.8. The van der Waals surface area contributed by atoms with E-state index < -0.39 is 41.5 Å². The molecule has 0 unspecified atom stereocenters. The first-order chi connectivity index (χ1) is 24.4. The van der Waals surface area contributed by atoms with Crippen molar-refractivity contribution < 1.29 is 40.7 Å². The Morgan fingerprint density at radius 3 is 2.02 bits per heavy atom. The van der Waals surface area contributed by atoms with Gasteiger partial charge in [0.25, 0.3) is 0 Å². The van der Waals surface area contributed by atoms with E-state index in [1.54, 1.807) is 23.1 Å². The van der Waals surface area contributed by atoms with E-state index in [1.807, 2.05) is 35.2 Å². The predicted molar refractivity (Wildman–Crippen MR) is 184 cm³/mol. The maximum Gasteiger partial charge on any atom is 0.416 e. The normalized spacial score (nSPS) is 16.8. The lowest BCUT2D eigenvalue weighted by Gasteiger charge is -2.43. The Bertz CT molecular complexity index is 1810. The highest BCUT2D eigenvalue weighted by Gasteiger charge is 2.39. The van der Waals surface area contributed by atoms with Gasteiger partial charge in [-0.05, 0) is 78.3 Å². The Morgan fingerprint density at radius 1 is 0.808 bits per heavy atom. The van der Waals surface area contributed by atoms with Crippen LogP contribution in [0.3, 0.4) is 0 Å². The van der Waals surface area contributed by atoms with Crippen LogP contribution in [0.4, 0.5) is 26.3 Å². The van der Waals surface area contributed by atoms with Gasteiger partial charge in [-0.3, -0.25) is 19.3 Å². The van der Waals surface area contributed by atoms with Gasteiger partial charge in [0.05, 0.1) is 33.3 Å². The second-order valence-electron chi connectivity index (χ2n) is 13.1. The molecule has 7 nitrogen and oxygen atoms in total. The molecule has 3 aromatic rings. The zero-order valence-electron chi connectivity index (χ0n) is 28.1. The highest BCUT2D eigenvalue weighted by Crippen LogP contribution is 2.37. The van der Waals surface area contributed by atoms with E-state index in [0.717, 1.165) is 5.56 Å². The van der Waals surface area contributed by atoms with Crippen LogP contribution in [0, 0.1) is 0 Å². The highest BCUT2D eigenvalue weighted by atomic mass is 35.5. The monoisotopic (exact) mass is 768 g/mol. The van der Waals surface area contributed by atoms with E-state index in [1.165, 1.54) is 6.92 Å². The zero-order valence-corrected chi connectivity index (χ0v) is 29.6. The maximum atomic E-state index is 13.7. The van der Waals surface area contributed by atoms with Gasteiger partial charge in [-0.2, -0.15) is 26.3 Å². The average Bonchev–Trinajstić information content (AvgIpc) is 3.09. The Hall–Kier alpha value is -4.07. The van der Waals surface area contributed by atoms with Crippen molar-refractivity contribution in [3.63, 3.8) is 0 Å². The van der Waals surface area contributed by atoms with Crippen LogP contribution < -0.4 is 10.6 Å². The minimum Gasteiger partial charge on any atom is -0.348 e. The molecule has 0 saturated carbocycles. The van der Waals surface area contributed by atoms with Crippen LogP contribution in [-0.2, 0) is 45.2 Å². The molecule has 52 heavy (non-hydrogen) atoms. The molecule has 2 heterocycles. The number of piperidine rings is 1. The molecule has 0 aromatic heterocycles. The molecule has 0 spiro atoms. The molecule has 0 radical (unpaired) electrons. The van der Waals surface area contributed by atoms with E-state index in [9.17, 15) is 40.7 Å². The lowest BCUT2D eigenvalue weighted by atomic mass is 9.80. The molecular formula is C37H36Cl2F6N4O3. The van der Waals surface area contributed by atoms with E-state index in [0.29, 0.717) is 54.2 Å². The van der Waals surface area contributed by atoms with Gasteiger partial charge in [-0.1, -0.05) is 59.6 Å². The van der Waals surface area contributed by atoms with Crippen molar-refractivity contribution in [2.24, 2.45) is 0 Å². The Kier molecular flexibility index (Phi) is 12.0. The lowest BCUT2D eigenvalue weighted by Crippen LogP contribution is -2.54. The molecule has 1 fully saturated rings. The molecule has 0 bridgehead atoms. The summed E-state index contributed by atoms with van der Waals surface area (Å²) in [4.78, 5) is 42.9. The van der Waals surface area contributed by atoms with Gasteiger partial charge >= 0.3 is 12.4 Å². The van der Waals surface area contributed by atoms with Crippen molar-refractivity contribution in [3.8, 4) is 0 Å². The second kappa shape index (κ2) is 15.9. The van der Waals surface area contributed by atoms with Crippen LogP contribution in [0.1, 0.15) is 54.0 Å². The topological polar surface area (TPSA) is 81.8 Å². The molecule has 2 aliphatic heterocycles. The molecule has 1 saturated heterocycles. The van der Waals surface area contributed by atoms with Crippen LogP contribution in [0.25, 0.3) is 0 Å². The predicted octanol–water partition coefficient (Wildman–Crippen LogP) is 7.55. The molecule has 2 aliphatic rings. The van der Waals surface area contributed by atoms with E-state index >= 15 is 0 Å². The summed E-state index contributed by atoms with van der Waals surface area (Å²) >= 11 is 12.3. The number of hydrogen-bond acceptors (Lipinski definition) is 4. The third-order valence-electron chi connectivity index (χ3n) is 9.38. The largest absolute Gasteiger partial charge is 0.416 e. The number of likely N-dealkylation sites (tertiary alicyclic amines) is 1. The summed E-state index contributed by atoms with van der Waals surface area (Å²) in [7, 11) is 0. The minimum atomic E-state index is -5.03. The summed E-state index contributed by atoms with van der Waals surface area (Å²) < 4.78 is 80.4. The summed E-state index contributed by atoms with van der Waals surface area (Å²) in [5.41, 5.74) is -1.39. The number of carbonyl (C=O) groups is 3. The van der Waals surface area contributed by atoms with E-state index in [4.69, 9.17) is 23.2 Å². The van der Waals surface area contributed by atoms with Crippen molar-refractivity contribution in [3.05, 3.63) is 116 Å². The third kappa shape index (κ3) is 9.67. The quantitative estimate of drug-likeness (QED) is 0.221. The van der Waals surface area contributed by atoms with E-state index in [2.05, 4.69) is 10.6 Å². The SMILES string of the molecule is CC(=O)NC1(c2ccccc2)CCN(CC(=O)N2CCC(C(=O)NCc3cc(C(F)(F)F)cc(C(F)(F)F)c3)=C(Cc3ccc(Cl)c(Cl)c3)C2)CC1. The molecule has 278 valence electrons. The first kappa shape index (κ1) is 39.1. The molecule has 3 amide bonds. The van der Waals surface area contributed by atoms with Crippen LogP contribution in [-0.4, -0.2) is 60.2 Å². The van der Waals surface area contributed by atoms with Crippen LogP contribution in [0.5, 0.6) is 0 Å². The standard InChI is InChI=1S/C37H36Cl2F6N4O3/c1-23(50)47-35(27-5-3-2-4-6-27)10-13-48(14-11-35)22-33(51)49-12-9-30(26(21-49)15-24-7-8-31(38)32(39)18-24)34(52)46-20-25-16-28(36(40,41)42)19-29(17-25)37(43,44)45/h2-8,16-19H,9-15,20-22H2,1H3,(H,46,52)(H,47,50). The second-order valence-corrected chi connectivity index (χ2v) is 13.9. The molecule has 5 rings (SSSR count).